The molecule has 0 bridgehead atoms. The highest BCUT2D eigenvalue weighted by Gasteiger charge is 2.23. The fourth-order valence-corrected chi connectivity index (χ4v) is 3.16. The molecule has 2 amide bonds. The number of rotatable bonds is 3. The first-order chi connectivity index (χ1) is 12.7. The summed E-state index contributed by atoms with van der Waals surface area (Å²) >= 11 is 0. The van der Waals surface area contributed by atoms with Gasteiger partial charge in [0.15, 0.2) is 5.76 Å². The van der Waals surface area contributed by atoms with Crippen molar-refractivity contribution in [2.75, 3.05) is 11.9 Å². The molecule has 2 aromatic carbocycles. The molecule has 0 unspecified atom stereocenters. The molecule has 0 fully saturated rings. The zero-order valence-corrected chi connectivity index (χ0v) is 14.1. The summed E-state index contributed by atoms with van der Waals surface area (Å²) in [7, 11) is 0. The van der Waals surface area contributed by atoms with E-state index in [2.05, 4.69) is 5.32 Å². The molecule has 3 aromatic rings. The smallest absolute Gasteiger partial charge is 0.289 e. The van der Waals surface area contributed by atoms with Gasteiger partial charge >= 0.3 is 0 Å². The van der Waals surface area contributed by atoms with Gasteiger partial charge in [0.1, 0.15) is 0 Å². The standard InChI is InChI=1S/C21H18N2O3/c24-20(16-5-2-1-3-6-16)22-18-9-8-15-10-11-23(14-17(15)13-18)21(25)19-7-4-12-26-19/h1-9,12-13H,10-11,14H2,(H,22,24). The Morgan fingerprint density at radius 3 is 2.58 bits per heavy atom. The molecule has 0 atom stereocenters. The third kappa shape index (κ3) is 3.24. The number of carbonyl (C=O) groups excluding carboxylic acids is 2. The first-order valence-corrected chi connectivity index (χ1v) is 8.52. The van der Waals surface area contributed by atoms with Crippen LogP contribution in [-0.4, -0.2) is 23.3 Å². The van der Waals surface area contributed by atoms with Crippen molar-refractivity contribution < 1.29 is 14.0 Å². The molecule has 0 spiro atoms. The normalized spacial score (nSPS) is 13.2. The van der Waals surface area contributed by atoms with Crippen LogP contribution in [-0.2, 0) is 13.0 Å². The summed E-state index contributed by atoms with van der Waals surface area (Å²) in [6.45, 7) is 1.16. The molecular formula is C21H18N2O3. The van der Waals surface area contributed by atoms with Gasteiger partial charge in [0.25, 0.3) is 11.8 Å². The van der Waals surface area contributed by atoms with Gasteiger partial charge in [-0.1, -0.05) is 24.3 Å². The minimum atomic E-state index is -0.148. The molecule has 5 nitrogen and oxygen atoms in total. The summed E-state index contributed by atoms with van der Waals surface area (Å²) in [5, 5.41) is 2.92. The molecule has 26 heavy (non-hydrogen) atoms. The molecule has 5 heteroatoms. The van der Waals surface area contributed by atoms with E-state index in [4.69, 9.17) is 4.42 Å². The third-order valence-electron chi connectivity index (χ3n) is 4.53. The molecule has 1 aromatic heterocycles. The Kier molecular flexibility index (Phi) is 4.27. The largest absolute Gasteiger partial charge is 0.459 e. The number of nitrogens with zero attached hydrogens (tertiary/aromatic N) is 1. The third-order valence-corrected chi connectivity index (χ3v) is 4.53. The molecule has 0 radical (unpaired) electrons. The lowest BCUT2D eigenvalue weighted by Gasteiger charge is -2.28. The van der Waals surface area contributed by atoms with E-state index in [1.807, 2.05) is 36.4 Å². The van der Waals surface area contributed by atoms with Gasteiger partial charge in [-0.05, 0) is 53.9 Å². The quantitative estimate of drug-likeness (QED) is 0.786. The average Bonchev–Trinajstić information content (AvgIpc) is 3.22. The number of fused-ring (bicyclic) bond motifs is 1. The van der Waals surface area contributed by atoms with E-state index >= 15 is 0 Å². The molecule has 130 valence electrons. The molecule has 1 aliphatic heterocycles. The number of anilines is 1. The van der Waals surface area contributed by atoms with E-state index in [0.29, 0.717) is 24.4 Å². The maximum atomic E-state index is 12.5. The van der Waals surface area contributed by atoms with Crippen LogP contribution < -0.4 is 5.32 Å². The first kappa shape index (κ1) is 16.1. The summed E-state index contributed by atoms with van der Waals surface area (Å²) in [6.07, 6.45) is 2.29. The molecule has 2 heterocycles. The van der Waals surface area contributed by atoms with E-state index in [9.17, 15) is 9.59 Å². The van der Waals surface area contributed by atoms with Crippen molar-refractivity contribution in [3.8, 4) is 0 Å². The lowest BCUT2D eigenvalue weighted by molar-refractivity contribution is 0.0702. The number of furan rings is 1. The highest BCUT2D eigenvalue weighted by atomic mass is 16.3. The van der Waals surface area contributed by atoms with E-state index in [-0.39, 0.29) is 11.8 Å². The van der Waals surface area contributed by atoms with Crippen molar-refractivity contribution in [3.05, 3.63) is 89.4 Å². The highest BCUT2D eigenvalue weighted by molar-refractivity contribution is 6.04. The lowest BCUT2D eigenvalue weighted by Crippen LogP contribution is -2.35. The number of amides is 2. The van der Waals surface area contributed by atoms with Crippen LogP contribution in [0.4, 0.5) is 5.69 Å². The van der Waals surface area contributed by atoms with Crippen LogP contribution in [0.2, 0.25) is 0 Å². The summed E-state index contributed by atoms with van der Waals surface area (Å²) in [5.74, 6) is 0.0891. The molecule has 0 saturated carbocycles. The Balaban J connectivity index is 1.51. The Hall–Kier alpha value is -3.34. The van der Waals surface area contributed by atoms with Crippen LogP contribution in [0, 0.1) is 0 Å². The zero-order chi connectivity index (χ0) is 17.9. The average molecular weight is 346 g/mol. The molecule has 0 aliphatic carbocycles. The minimum Gasteiger partial charge on any atom is -0.459 e. The Morgan fingerprint density at radius 2 is 1.81 bits per heavy atom. The van der Waals surface area contributed by atoms with Gasteiger partial charge in [-0.2, -0.15) is 0 Å². The second-order valence-electron chi connectivity index (χ2n) is 6.26. The van der Waals surface area contributed by atoms with Gasteiger partial charge in [0, 0.05) is 24.3 Å². The summed E-state index contributed by atoms with van der Waals surface area (Å²) in [5.41, 5.74) is 3.58. The fourth-order valence-electron chi connectivity index (χ4n) is 3.16. The molecule has 1 aliphatic rings. The minimum absolute atomic E-state index is 0.112. The Labute approximate surface area is 151 Å². The Morgan fingerprint density at radius 1 is 0.962 bits per heavy atom. The number of nitrogens with one attached hydrogen (secondary N) is 1. The van der Waals surface area contributed by atoms with Gasteiger partial charge in [0.05, 0.1) is 6.26 Å². The van der Waals surface area contributed by atoms with Crippen molar-refractivity contribution in [1.29, 1.82) is 0 Å². The van der Waals surface area contributed by atoms with Crippen molar-refractivity contribution >= 4 is 17.5 Å². The van der Waals surface area contributed by atoms with E-state index in [1.54, 1.807) is 29.2 Å². The summed E-state index contributed by atoms with van der Waals surface area (Å²) < 4.78 is 5.21. The van der Waals surface area contributed by atoms with E-state index in [0.717, 1.165) is 17.7 Å². The second kappa shape index (κ2) is 6.88. The Bertz CT molecular complexity index is 933. The van der Waals surface area contributed by atoms with Crippen LogP contribution in [0.1, 0.15) is 32.0 Å². The van der Waals surface area contributed by atoms with Crippen LogP contribution in [0.25, 0.3) is 0 Å². The zero-order valence-electron chi connectivity index (χ0n) is 14.1. The van der Waals surface area contributed by atoms with Crippen LogP contribution >= 0.6 is 0 Å². The summed E-state index contributed by atoms with van der Waals surface area (Å²) in [4.78, 5) is 26.6. The number of carbonyl (C=O) groups is 2. The fraction of sp³-hybridized carbons (Fsp3) is 0.143. The molecule has 0 saturated heterocycles. The van der Waals surface area contributed by atoms with E-state index in [1.165, 1.54) is 11.8 Å². The number of benzene rings is 2. The molecule has 1 N–H and O–H groups in total. The van der Waals surface area contributed by atoms with Crippen LogP contribution in [0.5, 0.6) is 0 Å². The van der Waals surface area contributed by atoms with Gasteiger partial charge < -0.3 is 14.6 Å². The van der Waals surface area contributed by atoms with Crippen LogP contribution in [0.3, 0.4) is 0 Å². The van der Waals surface area contributed by atoms with Crippen molar-refractivity contribution in [3.63, 3.8) is 0 Å². The topological polar surface area (TPSA) is 62.6 Å². The first-order valence-electron chi connectivity index (χ1n) is 8.52. The SMILES string of the molecule is O=C(Nc1ccc2c(c1)CN(C(=O)c1ccco1)CC2)c1ccccc1. The van der Waals surface area contributed by atoms with Crippen molar-refractivity contribution in [2.45, 2.75) is 13.0 Å². The van der Waals surface area contributed by atoms with Gasteiger partial charge in [-0.3, -0.25) is 9.59 Å². The van der Waals surface area contributed by atoms with Crippen LogP contribution in [0.15, 0.2) is 71.3 Å². The van der Waals surface area contributed by atoms with Crippen molar-refractivity contribution in [1.82, 2.24) is 4.90 Å². The monoisotopic (exact) mass is 346 g/mol. The molecule has 4 rings (SSSR count). The maximum absolute atomic E-state index is 12.5. The lowest BCUT2D eigenvalue weighted by atomic mass is 9.98. The number of hydrogen-bond donors (Lipinski definition) is 1. The van der Waals surface area contributed by atoms with Gasteiger partial charge in [-0.15, -0.1) is 0 Å². The van der Waals surface area contributed by atoms with E-state index < -0.39 is 0 Å². The second-order valence-corrected chi connectivity index (χ2v) is 6.26. The molecular weight excluding hydrogens is 328 g/mol. The maximum Gasteiger partial charge on any atom is 0.289 e. The predicted molar refractivity (Wildman–Crippen MR) is 98.0 cm³/mol. The van der Waals surface area contributed by atoms with Crippen molar-refractivity contribution in [2.24, 2.45) is 0 Å². The van der Waals surface area contributed by atoms with Gasteiger partial charge in [-0.25, -0.2) is 0 Å². The number of hydrogen-bond acceptors (Lipinski definition) is 3. The van der Waals surface area contributed by atoms with Gasteiger partial charge in [0.2, 0.25) is 0 Å². The summed E-state index contributed by atoms with van der Waals surface area (Å²) in [6, 6.07) is 18.3. The predicted octanol–water partition coefficient (Wildman–Crippen LogP) is 3.73. The highest BCUT2D eigenvalue weighted by Crippen LogP contribution is 2.24.